The van der Waals surface area contributed by atoms with Crippen LogP contribution in [0.5, 0.6) is 0 Å². The van der Waals surface area contributed by atoms with E-state index in [1.54, 1.807) is 0 Å². The summed E-state index contributed by atoms with van der Waals surface area (Å²) >= 11 is 0. The summed E-state index contributed by atoms with van der Waals surface area (Å²) in [6.07, 6.45) is 0. The van der Waals surface area contributed by atoms with Crippen LogP contribution in [0.2, 0.25) is 0 Å². The van der Waals surface area contributed by atoms with Gasteiger partial charge in [0.1, 0.15) is 0 Å². The van der Waals surface area contributed by atoms with E-state index < -0.39 is 0 Å². The van der Waals surface area contributed by atoms with Crippen molar-refractivity contribution < 1.29 is 0 Å². The van der Waals surface area contributed by atoms with Crippen molar-refractivity contribution >= 4 is 17.1 Å². The molecule has 0 spiro atoms. The van der Waals surface area contributed by atoms with E-state index in [-0.39, 0.29) is 5.41 Å². The van der Waals surface area contributed by atoms with Crippen LogP contribution in [-0.4, -0.2) is 0 Å². The van der Waals surface area contributed by atoms with Crippen molar-refractivity contribution in [3.05, 3.63) is 137 Å². The van der Waals surface area contributed by atoms with E-state index in [1.165, 1.54) is 67.1 Å². The average molecular weight is 480 g/mol. The molecule has 0 saturated heterocycles. The molecule has 182 valence electrons. The predicted octanol–water partition coefficient (Wildman–Crippen LogP) is 10.1. The molecule has 6 rings (SSSR count). The fourth-order valence-corrected chi connectivity index (χ4v) is 5.94. The molecule has 1 nitrogen and oxygen atoms in total. The van der Waals surface area contributed by atoms with Crippen LogP contribution in [0.4, 0.5) is 17.1 Å². The summed E-state index contributed by atoms with van der Waals surface area (Å²) in [4.78, 5) is 2.40. The van der Waals surface area contributed by atoms with Gasteiger partial charge in [-0.05, 0) is 102 Å². The molecule has 1 aliphatic rings. The second-order valence-corrected chi connectivity index (χ2v) is 10.9. The van der Waals surface area contributed by atoms with Crippen LogP contribution in [0.1, 0.15) is 41.7 Å². The number of hydrogen-bond donors (Lipinski definition) is 0. The van der Waals surface area contributed by atoms with E-state index in [1.807, 2.05) is 0 Å². The van der Waals surface area contributed by atoms with Crippen molar-refractivity contribution in [1.82, 2.24) is 0 Å². The summed E-state index contributed by atoms with van der Waals surface area (Å²) in [7, 11) is 0. The lowest BCUT2D eigenvalue weighted by atomic mass is 9.82. The molecule has 0 fully saturated rings. The van der Waals surface area contributed by atoms with Crippen LogP contribution >= 0.6 is 0 Å². The summed E-state index contributed by atoms with van der Waals surface area (Å²) in [6, 6.07) is 40.2. The van der Waals surface area contributed by atoms with Crippen LogP contribution in [0, 0.1) is 20.8 Å². The fraction of sp³-hybridized carbons (Fsp3) is 0.167. The van der Waals surface area contributed by atoms with Crippen molar-refractivity contribution in [2.45, 2.75) is 40.0 Å². The van der Waals surface area contributed by atoms with Gasteiger partial charge >= 0.3 is 0 Å². The van der Waals surface area contributed by atoms with Crippen molar-refractivity contribution in [2.24, 2.45) is 0 Å². The standard InChI is InChI=1S/C36H33N/c1-24-14-16-27(17-15-24)37(28-18-20-31(26(3)22-28)30-11-7-6-10-25(30)2)29-19-21-33-32-12-8-9-13-34(32)36(4,5)35(33)23-29/h6-23H,1-5H3. The Kier molecular flexibility index (Phi) is 5.53. The average Bonchev–Trinajstić information content (AvgIpc) is 3.13. The Bertz CT molecular complexity index is 1620. The number of aryl methyl sites for hydroxylation is 3. The van der Waals surface area contributed by atoms with Crippen molar-refractivity contribution in [3.63, 3.8) is 0 Å². The second-order valence-electron chi connectivity index (χ2n) is 10.9. The summed E-state index contributed by atoms with van der Waals surface area (Å²) in [6.45, 7) is 11.2. The van der Waals surface area contributed by atoms with E-state index >= 15 is 0 Å². The zero-order chi connectivity index (χ0) is 25.7. The molecule has 0 aromatic heterocycles. The summed E-state index contributed by atoms with van der Waals surface area (Å²) < 4.78 is 0. The number of anilines is 3. The third-order valence-corrected chi connectivity index (χ3v) is 8.02. The smallest absolute Gasteiger partial charge is 0.0465 e. The molecule has 5 aromatic rings. The zero-order valence-corrected chi connectivity index (χ0v) is 22.3. The molecule has 1 heteroatoms. The number of benzene rings is 5. The van der Waals surface area contributed by atoms with Gasteiger partial charge in [-0.1, -0.05) is 92.2 Å². The quantitative estimate of drug-likeness (QED) is 0.248. The van der Waals surface area contributed by atoms with Gasteiger partial charge in [-0.3, -0.25) is 0 Å². The molecule has 0 saturated carbocycles. The maximum absolute atomic E-state index is 2.40. The normalized spacial score (nSPS) is 13.2. The monoisotopic (exact) mass is 479 g/mol. The van der Waals surface area contributed by atoms with Gasteiger partial charge in [-0.15, -0.1) is 0 Å². The van der Waals surface area contributed by atoms with Gasteiger partial charge < -0.3 is 4.90 Å². The number of hydrogen-bond acceptors (Lipinski definition) is 1. The Balaban J connectivity index is 1.50. The molecule has 0 amide bonds. The lowest BCUT2D eigenvalue weighted by molar-refractivity contribution is 0.660. The number of fused-ring (bicyclic) bond motifs is 3. The Morgan fingerprint density at radius 2 is 1.00 bits per heavy atom. The van der Waals surface area contributed by atoms with Gasteiger partial charge in [-0.25, -0.2) is 0 Å². The highest BCUT2D eigenvalue weighted by Crippen LogP contribution is 2.50. The third-order valence-electron chi connectivity index (χ3n) is 8.02. The third kappa shape index (κ3) is 3.86. The van der Waals surface area contributed by atoms with Crippen molar-refractivity contribution in [2.75, 3.05) is 4.90 Å². The maximum atomic E-state index is 2.40. The minimum Gasteiger partial charge on any atom is -0.310 e. The highest BCUT2D eigenvalue weighted by atomic mass is 15.1. The Labute approximate surface area is 221 Å². The van der Waals surface area contributed by atoms with Gasteiger partial charge in [0, 0.05) is 22.5 Å². The van der Waals surface area contributed by atoms with E-state index in [2.05, 4.69) is 149 Å². The first-order valence-corrected chi connectivity index (χ1v) is 13.1. The Hall–Kier alpha value is -4.10. The first kappa shape index (κ1) is 23.3. The van der Waals surface area contributed by atoms with Crippen molar-refractivity contribution in [1.29, 1.82) is 0 Å². The molecule has 0 atom stereocenters. The van der Waals surface area contributed by atoms with Crippen LogP contribution in [0.15, 0.2) is 109 Å². The fourth-order valence-electron chi connectivity index (χ4n) is 5.94. The zero-order valence-electron chi connectivity index (χ0n) is 22.3. The van der Waals surface area contributed by atoms with E-state index in [0.29, 0.717) is 0 Å². The lowest BCUT2D eigenvalue weighted by Crippen LogP contribution is -2.16. The molecular weight excluding hydrogens is 446 g/mol. The molecule has 5 aromatic carbocycles. The van der Waals surface area contributed by atoms with Crippen LogP contribution in [-0.2, 0) is 5.41 Å². The molecule has 37 heavy (non-hydrogen) atoms. The maximum Gasteiger partial charge on any atom is 0.0465 e. The first-order valence-electron chi connectivity index (χ1n) is 13.1. The second kappa shape index (κ2) is 8.78. The molecule has 0 aliphatic heterocycles. The SMILES string of the molecule is Cc1ccc(N(c2ccc(-c3ccccc3C)c(C)c2)c2ccc3c(c2)C(C)(C)c2ccccc2-3)cc1. The Morgan fingerprint density at radius 1 is 0.459 bits per heavy atom. The van der Waals surface area contributed by atoms with Gasteiger partial charge in [0.15, 0.2) is 0 Å². The summed E-state index contributed by atoms with van der Waals surface area (Å²) in [5.41, 5.74) is 15.4. The lowest BCUT2D eigenvalue weighted by Gasteiger charge is -2.29. The molecule has 0 bridgehead atoms. The molecule has 0 heterocycles. The number of rotatable bonds is 4. The molecule has 1 aliphatic carbocycles. The van der Waals surface area contributed by atoms with Crippen molar-refractivity contribution in [3.8, 4) is 22.3 Å². The van der Waals surface area contributed by atoms with E-state index in [4.69, 9.17) is 0 Å². The minimum atomic E-state index is -0.0362. The van der Waals surface area contributed by atoms with Gasteiger partial charge in [0.05, 0.1) is 0 Å². The molecule has 0 radical (unpaired) electrons. The summed E-state index contributed by atoms with van der Waals surface area (Å²) in [5.74, 6) is 0. The Morgan fingerprint density at radius 3 is 1.70 bits per heavy atom. The van der Waals surface area contributed by atoms with Crippen LogP contribution < -0.4 is 4.90 Å². The highest BCUT2D eigenvalue weighted by molar-refractivity contribution is 5.86. The topological polar surface area (TPSA) is 3.24 Å². The first-order chi connectivity index (χ1) is 17.8. The molecule has 0 unspecified atom stereocenters. The largest absolute Gasteiger partial charge is 0.310 e. The van der Waals surface area contributed by atoms with Crippen LogP contribution in [0.25, 0.3) is 22.3 Å². The number of nitrogens with zero attached hydrogens (tertiary/aromatic N) is 1. The predicted molar refractivity (Wildman–Crippen MR) is 158 cm³/mol. The highest BCUT2D eigenvalue weighted by Gasteiger charge is 2.35. The van der Waals surface area contributed by atoms with Gasteiger partial charge in [0.2, 0.25) is 0 Å². The molecule has 0 N–H and O–H groups in total. The van der Waals surface area contributed by atoms with Gasteiger partial charge in [-0.2, -0.15) is 0 Å². The molecular formula is C36H33N. The van der Waals surface area contributed by atoms with Crippen LogP contribution in [0.3, 0.4) is 0 Å². The van der Waals surface area contributed by atoms with E-state index in [9.17, 15) is 0 Å². The summed E-state index contributed by atoms with van der Waals surface area (Å²) in [5, 5.41) is 0. The van der Waals surface area contributed by atoms with Gasteiger partial charge in [0.25, 0.3) is 0 Å². The van der Waals surface area contributed by atoms with E-state index in [0.717, 1.165) is 0 Å². The minimum absolute atomic E-state index is 0.0362.